The summed E-state index contributed by atoms with van der Waals surface area (Å²) in [6.45, 7) is 2.08. The Morgan fingerprint density at radius 3 is 2.65 bits per heavy atom. The van der Waals surface area contributed by atoms with Crippen molar-refractivity contribution in [2.24, 2.45) is 5.10 Å². The van der Waals surface area contributed by atoms with Crippen molar-refractivity contribution in [3.8, 4) is 5.75 Å². The van der Waals surface area contributed by atoms with Gasteiger partial charge in [0.05, 0.1) is 18.8 Å². The maximum atomic E-state index is 5.31. The number of methoxy groups -OCH3 is 1. The van der Waals surface area contributed by atoms with Gasteiger partial charge in [-0.3, -0.25) is 5.01 Å². The van der Waals surface area contributed by atoms with Crippen molar-refractivity contribution < 1.29 is 4.74 Å². The standard InChI is InChI=1S/C17H18N2O/c1-13-11-17(14-7-4-3-5-8-14)19(18-13)15-9-6-10-16(12-15)20-2/h3-10,12,17H,11H2,1-2H3. The smallest absolute Gasteiger partial charge is 0.120 e. The van der Waals surface area contributed by atoms with Crippen molar-refractivity contribution in [3.05, 3.63) is 60.2 Å². The molecule has 0 aromatic heterocycles. The lowest BCUT2D eigenvalue weighted by atomic mass is 10.0. The van der Waals surface area contributed by atoms with Gasteiger partial charge >= 0.3 is 0 Å². The highest BCUT2D eigenvalue weighted by Crippen LogP contribution is 2.36. The minimum Gasteiger partial charge on any atom is -0.497 e. The molecule has 1 aliphatic heterocycles. The van der Waals surface area contributed by atoms with Gasteiger partial charge in [-0.15, -0.1) is 0 Å². The Labute approximate surface area is 119 Å². The van der Waals surface area contributed by atoms with Gasteiger partial charge in [-0.05, 0) is 24.6 Å². The zero-order valence-corrected chi connectivity index (χ0v) is 11.8. The summed E-state index contributed by atoms with van der Waals surface area (Å²) >= 11 is 0. The highest BCUT2D eigenvalue weighted by Gasteiger charge is 2.27. The topological polar surface area (TPSA) is 24.8 Å². The monoisotopic (exact) mass is 266 g/mol. The van der Waals surface area contributed by atoms with Crippen molar-refractivity contribution in [1.29, 1.82) is 0 Å². The van der Waals surface area contributed by atoms with Crippen LogP contribution in [0.4, 0.5) is 5.69 Å². The molecular weight excluding hydrogens is 248 g/mol. The molecule has 0 N–H and O–H groups in total. The van der Waals surface area contributed by atoms with Crippen LogP contribution < -0.4 is 9.75 Å². The predicted molar refractivity (Wildman–Crippen MR) is 82.4 cm³/mol. The minimum atomic E-state index is 0.267. The Morgan fingerprint density at radius 1 is 1.10 bits per heavy atom. The molecule has 0 radical (unpaired) electrons. The molecule has 3 heteroatoms. The number of hydrazone groups is 1. The van der Waals surface area contributed by atoms with E-state index in [4.69, 9.17) is 4.74 Å². The molecule has 3 nitrogen and oxygen atoms in total. The van der Waals surface area contributed by atoms with Crippen LogP contribution in [0.1, 0.15) is 24.9 Å². The van der Waals surface area contributed by atoms with Crippen LogP contribution in [0.5, 0.6) is 5.75 Å². The first-order chi connectivity index (χ1) is 9.78. The minimum absolute atomic E-state index is 0.267. The molecule has 1 heterocycles. The average molecular weight is 266 g/mol. The third-order valence-electron chi connectivity index (χ3n) is 3.56. The molecule has 0 spiro atoms. The molecule has 3 rings (SSSR count). The molecule has 0 saturated heterocycles. The number of nitrogens with zero attached hydrogens (tertiary/aromatic N) is 2. The molecule has 2 aromatic carbocycles. The first kappa shape index (κ1) is 12.7. The van der Waals surface area contributed by atoms with Crippen molar-refractivity contribution in [3.63, 3.8) is 0 Å². The van der Waals surface area contributed by atoms with Gasteiger partial charge in [-0.1, -0.05) is 36.4 Å². The Balaban J connectivity index is 1.97. The molecule has 1 unspecified atom stereocenters. The summed E-state index contributed by atoms with van der Waals surface area (Å²) in [5.74, 6) is 0.856. The number of rotatable bonds is 3. The second kappa shape index (κ2) is 5.37. The number of hydrogen-bond acceptors (Lipinski definition) is 3. The molecule has 1 aliphatic rings. The van der Waals surface area contributed by atoms with Crippen LogP contribution in [0, 0.1) is 0 Å². The lowest BCUT2D eigenvalue weighted by molar-refractivity contribution is 0.414. The van der Waals surface area contributed by atoms with Crippen LogP contribution in [0.15, 0.2) is 59.7 Å². The van der Waals surface area contributed by atoms with Crippen LogP contribution in [-0.2, 0) is 0 Å². The fourth-order valence-electron chi connectivity index (χ4n) is 2.59. The van der Waals surface area contributed by atoms with Crippen molar-refractivity contribution in [2.75, 3.05) is 12.1 Å². The highest BCUT2D eigenvalue weighted by molar-refractivity contribution is 5.86. The molecule has 0 aliphatic carbocycles. The summed E-state index contributed by atoms with van der Waals surface area (Å²) < 4.78 is 5.31. The van der Waals surface area contributed by atoms with Crippen LogP contribution in [0.25, 0.3) is 0 Å². The van der Waals surface area contributed by atoms with Gasteiger partial charge in [-0.25, -0.2) is 0 Å². The third-order valence-corrected chi connectivity index (χ3v) is 3.56. The second-order valence-electron chi connectivity index (χ2n) is 5.01. The quantitative estimate of drug-likeness (QED) is 0.838. The van der Waals surface area contributed by atoms with Gasteiger partial charge in [0.25, 0.3) is 0 Å². The lowest BCUT2D eigenvalue weighted by Gasteiger charge is -2.24. The van der Waals surface area contributed by atoms with E-state index < -0.39 is 0 Å². The highest BCUT2D eigenvalue weighted by atomic mass is 16.5. The van der Waals surface area contributed by atoms with Crippen LogP contribution in [-0.4, -0.2) is 12.8 Å². The van der Waals surface area contributed by atoms with Crippen LogP contribution >= 0.6 is 0 Å². The van der Waals surface area contributed by atoms with E-state index in [1.807, 2.05) is 24.3 Å². The first-order valence-electron chi connectivity index (χ1n) is 6.80. The largest absolute Gasteiger partial charge is 0.497 e. The van der Waals surface area contributed by atoms with E-state index in [0.29, 0.717) is 0 Å². The van der Waals surface area contributed by atoms with Gasteiger partial charge in [0.2, 0.25) is 0 Å². The number of benzene rings is 2. The summed E-state index contributed by atoms with van der Waals surface area (Å²) in [6.07, 6.45) is 0.960. The number of ether oxygens (including phenoxy) is 1. The Kier molecular flexibility index (Phi) is 3.42. The van der Waals surface area contributed by atoms with Gasteiger partial charge in [0.1, 0.15) is 5.75 Å². The van der Waals surface area contributed by atoms with E-state index in [0.717, 1.165) is 23.6 Å². The second-order valence-corrected chi connectivity index (χ2v) is 5.01. The molecule has 2 aromatic rings. The molecule has 1 atom stereocenters. The molecule has 0 saturated carbocycles. The zero-order valence-electron chi connectivity index (χ0n) is 11.8. The van der Waals surface area contributed by atoms with Gasteiger partial charge in [-0.2, -0.15) is 5.10 Å². The maximum Gasteiger partial charge on any atom is 0.120 e. The maximum absolute atomic E-state index is 5.31. The average Bonchev–Trinajstić information content (AvgIpc) is 2.90. The normalized spacial score (nSPS) is 18.0. The van der Waals surface area contributed by atoms with E-state index in [9.17, 15) is 0 Å². The van der Waals surface area contributed by atoms with Gasteiger partial charge < -0.3 is 4.74 Å². The van der Waals surface area contributed by atoms with Crippen molar-refractivity contribution in [2.45, 2.75) is 19.4 Å². The fourth-order valence-corrected chi connectivity index (χ4v) is 2.59. The molecular formula is C17H18N2O. The number of anilines is 1. The fraction of sp³-hybridized carbons (Fsp3) is 0.235. The summed E-state index contributed by atoms with van der Waals surface area (Å²) in [7, 11) is 1.69. The van der Waals surface area contributed by atoms with Crippen LogP contribution in [0.2, 0.25) is 0 Å². The summed E-state index contributed by atoms with van der Waals surface area (Å²) in [6, 6.07) is 18.8. The Bertz CT molecular complexity index is 622. The zero-order chi connectivity index (χ0) is 13.9. The van der Waals surface area contributed by atoms with Crippen LogP contribution in [0.3, 0.4) is 0 Å². The van der Waals surface area contributed by atoms with E-state index in [-0.39, 0.29) is 6.04 Å². The van der Waals surface area contributed by atoms with E-state index >= 15 is 0 Å². The van der Waals surface area contributed by atoms with Gasteiger partial charge in [0, 0.05) is 18.2 Å². The summed E-state index contributed by atoms with van der Waals surface area (Å²) in [5.41, 5.74) is 3.51. The Morgan fingerprint density at radius 2 is 1.90 bits per heavy atom. The third kappa shape index (κ3) is 2.39. The SMILES string of the molecule is COc1cccc(N2N=C(C)CC2c2ccccc2)c1. The molecule has 0 fully saturated rings. The lowest BCUT2D eigenvalue weighted by Crippen LogP contribution is -2.18. The van der Waals surface area contributed by atoms with E-state index in [2.05, 4.69) is 47.4 Å². The van der Waals surface area contributed by atoms with Crippen molar-refractivity contribution >= 4 is 11.4 Å². The number of hydrogen-bond donors (Lipinski definition) is 0. The molecule has 0 amide bonds. The van der Waals surface area contributed by atoms with Crippen molar-refractivity contribution in [1.82, 2.24) is 0 Å². The molecule has 102 valence electrons. The summed E-state index contributed by atoms with van der Waals surface area (Å²) in [4.78, 5) is 0. The van der Waals surface area contributed by atoms with E-state index in [1.54, 1.807) is 7.11 Å². The molecule has 20 heavy (non-hydrogen) atoms. The summed E-state index contributed by atoms with van der Waals surface area (Å²) in [5, 5.41) is 6.78. The predicted octanol–water partition coefficient (Wildman–Crippen LogP) is 4.02. The first-order valence-corrected chi connectivity index (χ1v) is 6.80. The van der Waals surface area contributed by atoms with E-state index in [1.165, 1.54) is 5.56 Å². The Hall–Kier alpha value is -2.29. The molecule has 0 bridgehead atoms. The van der Waals surface area contributed by atoms with Gasteiger partial charge in [0.15, 0.2) is 0 Å².